The molecule has 0 saturated carbocycles. The van der Waals surface area contributed by atoms with Gasteiger partial charge in [0.2, 0.25) is 0 Å². The van der Waals surface area contributed by atoms with Crippen molar-refractivity contribution in [1.29, 1.82) is 5.26 Å². The molecule has 0 spiro atoms. The number of anilines is 1. The molecule has 46 heavy (non-hydrogen) atoms. The predicted octanol–water partition coefficient (Wildman–Crippen LogP) is 4.73. The van der Waals surface area contributed by atoms with E-state index in [-0.39, 0.29) is 23.4 Å². The van der Waals surface area contributed by atoms with Crippen LogP contribution < -0.4 is 4.90 Å². The second-order valence-electron chi connectivity index (χ2n) is 14.2. The van der Waals surface area contributed by atoms with E-state index in [9.17, 15) is 19.4 Å². The number of amides is 1. The van der Waals surface area contributed by atoms with Crippen molar-refractivity contribution in [3.8, 4) is 6.07 Å². The van der Waals surface area contributed by atoms with Gasteiger partial charge in [-0.05, 0) is 91.4 Å². The van der Waals surface area contributed by atoms with E-state index in [1.807, 2.05) is 39.8 Å². The maximum Gasteiger partial charge on any atom is 0.410 e. The van der Waals surface area contributed by atoms with Gasteiger partial charge in [-0.1, -0.05) is 24.3 Å². The van der Waals surface area contributed by atoms with Gasteiger partial charge in [-0.2, -0.15) is 15.2 Å². The number of nitrogens with zero attached hydrogens (tertiary/aromatic N) is 6. The number of carbonyl (C=O) groups is 2. The number of aromatic nitrogens is 2. The summed E-state index contributed by atoms with van der Waals surface area (Å²) in [6.07, 6.45) is 4.73. The lowest BCUT2D eigenvalue weighted by Gasteiger charge is -2.42. The van der Waals surface area contributed by atoms with E-state index in [2.05, 4.69) is 35.0 Å². The summed E-state index contributed by atoms with van der Waals surface area (Å²) in [5.41, 5.74) is 2.44. The maximum atomic E-state index is 14.0. The number of ether oxygens (including phenoxy) is 1. The van der Waals surface area contributed by atoms with Crippen LogP contribution in [-0.2, 0) is 39.0 Å². The smallest absolute Gasteiger partial charge is 0.410 e. The number of ketones is 1. The van der Waals surface area contributed by atoms with Gasteiger partial charge in [-0.25, -0.2) is 4.79 Å². The highest BCUT2D eigenvalue weighted by Crippen LogP contribution is 2.42. The molecule has 5 rings (SSSR count). The van der Waals surface area contributed by atoms with E-state index in [4.69, 9.17) is 14.7 Å². The Morgan fingerprint density at radius 1 is 1.15 bits per heavy atom. The molecule has 11 heteroatoms. The molecule has 2 saturated heterocycles. The lowest BCUT2D eigenvalue weighted by Crippen LogP contribution is -2.56. The molecule has 2 fully saturated rings. The van der Waals surface area contributed by atoms with Crippen molar-refractivity contribution in [3.05, 3.63) is 46.6 Å². The lowest BCUT2D eigenvalue weighted by molar-refractivity contribution is -0.123. The molecular formula is C35H48N6O4S. The SMILES string of the molecule is CC(=O)C1(Cc2nc([S+]([O-])C[C@@H]3CCCN3C)nc(N3CCN(C(=O)OC(C)(C)C)[C@@H](CC#N)C3)c2C)CCCc2ccccc21. The Balaban J connectivity index is 1.53. The van der Waals surface area contributed by atoms with E-state index in [0.717, 1.165) is 55.5 Å². The number of Topliss-reactive ketones (excluding diaryl/α,β-unsaturated/α-hetero) is 1. The predicted molar refractivity (Wildman–Crippen MR) is 178 cm³/mol. The van der Waals surface area contributed by atoms with Gasteiger partial charge in [0.25, 0.3) is 0 Å². The molecule has 0 N–H and O–H groups in total. The van der Waals surface area contributed by atoms with Crippen molar-refractivity contribution in [2.45, 2.75) is 108 Å². The summed E-state index contributed by atoms with van der Waals surface area (Å²) in [4.78, 5) is 42.6. The lowest BCUT2D eigenvalue weighted by atomic mass is 9.65. The monoisotopic (exact) mass is 648 g/mol. The number of carbonyl (C=O) groups excluding carboxylic acids is 2. The van der Waals surface area contributed by atoms with Gasteiger partial charge in [0, 0.05) is 42.8 Å². The molecule has 0 bridgehead atoms. The average Bonchev–Trinajstić information content (AvgIpc) is 3.41. The molecule has 2 aliphatic heterocycles. The van der Waals surface area contributed by atoms with Crippen LogP contribution in [0.4, 0.5) is 10.6 Å². The standard InChI is InChI=1S/C35H48N6O4S/c1-24-30(21-35(25(2)42)16-9-12-26-11-7-8-14-29(26)35)37-32(46(44)23-28-13-10-18-39(28)6)38-31(24)40-19-20-41(27(22-40)15-17-36)33(43)45-34(3,4)5/h7-8,11,14,27-28H,9-10,12-13,15-16,18-23H2,1-6H3/t27-,28-,35?,46?/m0/s1. The fourth-order valence-electron chi connectivity index (χ4n) is 7.32. The Bertz CT molecular complexity index is 1490. The minimum atomic E-state index is -1.45. The van der Waals surface area contributed by atoms with Crippen LogP contribution in [-0.4, -0.2) is 92.9 Å². The summed E-state index contributed by atoms with van der Waals surface area (Å²) < 4.78 is 19.6. The molecular weight excluding hydrogens is 600 g/mol. The van der Waals surface area contributed by atoms with Crippen molar-refractivity contribution in [1.82, 2.24) is 19.8 Å². The minimum absolute atomic E-state index is 0.106. The number of piperazine rings is 1. The zero-order chi connectivity index (χ0) is 33.2. The first-order valence-corrected chi connectivity index (χ1v) is 17.8. The third kappa shape index (κ3) is 7.19. The summed E-state index contributed by atoms with van der Waals surface area (Å²) in [6, 6.07) is 10.2. The van der Waals surface area contributed by atoms with Gasteiger partial charge in [-0.15, -0.1) is 0 Å². The van der Waals surface area contributed by atoms with Crippen molar-refractivity contribution in [2.24, 2.45) is 0 Å². The van der Waals surface area contributed by atoms with Gasteiger partial charge in [0.15, 0.2) is 0 Å². The summed E-state index contributed by atoms with van der Waals surface area (Å²) >= 11 is -1.45. The van der Waals surface area contributed by atoms with Crippen LogP contribution >= 0.6 is 0 Å². The van der Waals surface area contributed by atoms with E-state index in [1.165, 1.54) is 5.56 Å². The largest absolute Gasteiger partial charge is 0.609 e. The van der Waals surface area contributed by atoms with Gasteiger partial charge in [0.1, 0.15) is 23.0 Å². The topological polar surface area (TPSA) is 126 Å². The highest BCUT2D eigenvalue weighted by molar-refractivity contribution is 7.91. The molecule has 1 amide bonds. The number of likely N-dealkylation sites (tertiary alicyclic amines) is 1. The van der Waals surface area contributed by atoms with Crippen LogP contribution in [0.25, 0.3) is 0 Å². The van der Waals surface area contributed by atoms with Crippen molar-refractivity contribution in [3.63, 3.8) is 0 Å². The number of hydrogen-bond acceptors (Lipinski definition) is 9. The molecule has 248 valence electrons. The van der Waals surface area contributed by atoms with Crippen LogP contribution in [0.2, 0.25) is 0 Å². The van der Waals surface area contributed by atoms with Gasteiger partial charge < -0.3 is 19.1 Å². The molecule has 0 radical (unpaired) electrons. The van der Waals surface area contributed by atoms with Crippen LogP contribution in [0, 0.1) is 18.3 Å². The zero-order valence-electron chi connectivity index (χ0n) is 28.2. The molecule has 2 aromatic rings. The van der Waals surface area contributed by atoms with E-state index < -0.39 is 34.3 Å². The Labute approximate surface area is 276 Å². The zero-order valence-corrected chi connectivity index (χ0v) is 29.0. The van der Waals surface area contributed by atoms with E-state index in [0.29, 0.717) is 37.6 Å². The van der Waals surface area contributed by atoms with Crippen LogP contribution in [0.3, 0.4) is 0 Å². The van der Waals surface area contributed by atoms with Crippen LogP contribution in [0.1, 0.15) is 82.2 Å². The third-order valence-corrected chi connectivity index (χ3v) is 11.2. The number of benzene rings is 1. The first kappa shape index (κ1) is 34.1. The molecule has 1 aromatic carbocycles. The quantitative estimate of drug-likeness (QED) is 0.295. The first-order chi connectivity index (χ1) is 21.8. The number of fused-ring (bicyclic) bond motifs is 1. The van der Waals surface area contributed by atoms with Crippen molar-refractivity contribution in [2.75, 3.05) is 43.9 Å². The number of nitriles is 1. The fourth-order valence-corrected chi connectivity index (χ4v) is 8.64. The van der Waals surface area contributed by atoms with Crippen LogP contribution in [0.5, 0.6) is 0 Å². The molecule has 4 atom stereocenters. The molecule has 10 nitrogen and oxygen atoms in total. The minimum Gasteiger partial charge on any atom is -0.609 e. The summed E-state index contributed by atoms with van der Waals surface area (Å²) in [5, 5.41) is 9.96. The Kier molecular flexibility index (Phi) is 10.3. The maximum absolute atomic E-state index is 14.0. The highest BCUT2D eigenvalue weighted by Gasteiger charge is 2.43. The molecule has 1 aliphatic carbocycles. The number of hydrogen-bond donors (Lipinski definition) is 0. The second-order valence-corrected chi connectivity index (χ2v) is 15.5. The second kappa shape index (κ2) is 13.9. The normalized spacial score (nSPS) is 24.3. The summed E-state index contributed by atoms with van der Waals surface area (Å²) in [7, 11) is 2.07. The molecule has 3 aliphatic rings. The van der Waals surface area contributed by atoms with E-state index in [1.54, 1.807) is 11.8 Å². The van der Waals surface area contributed by atoms with E-state index >= 15 is 0 Å². The highest BCUT2D eigenvalue weighted by atomic mass is 32.2. The number of aryl methyl sites for hydroxylation is 1. The van der Waals surface area contributed by atoms with Gasteiger partial charge in [0.05, 0.1) is 35.7 Å². The average molecular weight is 649 g/mol. The fraction of sp³-hybridized carbons (Fsp3) is 0.629. The van der Waals surface area contributed by atoms with Gasteiger partial charge in [-0.3, -0.25) is 9.69 Å². The van der Waals surface area contributed by atoms with Crippen molar-refractivity contribution >= 4 is 28.9 Å². The summed E-state index contributed by atoms with van der Waals surface area (Å²) in [5.74, 6) is 1.21. The Hall–Kier alpha value is -3.20. The first-order valence-electron chi connectivity index (χ1n) is 16.5. The van der Waals surface area contributed by atoms with Gasteiger partial charge >= 0.3 is 11.2 Å². The summed E-state index contributed by atoms with van der Waals surface area (Å²) in [6.45, 7) is 11.3. The number of rotatable bonds is 8. The van der Waals surface area contributed by atoms with Crippen LogP contribution in [0.15, 0.2) is 29.4 Å². The molecule has 3 heterocycles. The Morgan fingerprint density at radius 3 is 2.59 bits per heavy atom. The third-order valence-electron chi connectivity index (χ3n) is 9.88. The van der Waals surface area contributed by atoms with Crippen molar-refractivity contribution < 1.29 is 18.9 Å². The Morgan fingerprint density at radius 2 is 1.91 bits per heavy atom. The molecule has 1 aromatic heterocycles. The molecule has 2 unspecified atom stereocenters.